The molecule has 10 nitrogen and oxygen atoms in total. The van der Waals surface area contributed by atoms with Crippen molar-refractivity contribution in [2.24, 2.45) is 0 Å². The predicted molar refractivity (Wildman–Crippen MR) is 167 cm³/mol. The number of likely N-dealkylation sites (N-methyl/N-ethyl adjacent to an activating group) is 1. The van der Waals surface area contributed by atoms with E-state index in [0.717, 1.165) is 62.0 Å². The van der Waals surface area contributed by atoms with Crippen LogP contribution in [0.5, 0.6) is 5.75 Å². The average molecular weight is 565 g/mol. The molecular weight excluding hydrogens is 516 g/mol. The fourth-order valence-corrected chi connectivity index (χ4v) is 6.52. The van der Waals surface area contributed by atoms with E-state index in [1.807, 2.05) is 6.92 Å². The average Bonchev–Trinajstić information content (AvgIpc) is 3.38. The third-order valence-electron chi connectivity index (χ3n) is 8.78. The summed E-state index contributed by atoms with van der Waals surface area (Å²) in [6.07, 6.45) is 7.62. The molecule has 0 aliphatic carbocycles. The monoisotopic (exact) mass is 564 g/mol. The van der Waals surface area contributed by atoms with Gasteiger partial charge in [0.2, 0.25) is 11.9 Å². The van der Waals surface area contributed by atoms with Crippen molar-refractivity contribution < 1.29 is 9.53 Å². The highest BCUT2D eigenvalue weighted by atomic mass is 16.5. The number of ether oxygens (including phenoxy) is 1. The Balaban J connectivity index is 1.26. The number of nitrogens with zero attached hydrogens (tertiary/aromatic N) is 7. The van der Waals surface area contributed by atoms with E-state index in [1.165, 1.54) is 51.1 Å². The summed E-state index contributed by atoms with van der Waals surface area (Å²) in [7, 11) is 3.51. The van der Waals surface area contributed by atoms with Gasteiger partial charge in [-0.1, -0.05) is 6.92 Å². The first kappa shape index (κ1) is 29.4. The second-order valence-corrected chi connectivity index (χ2v) is 11.8. The van der Waals surface area contributed by atoms with Crippen molar-refractivity contribution in [3.8, 4) is 5.75 Å². The summed E-state index contributed by atoms with van der Waals surface area (Å²) in [5.74, 6) is 2.10. The second kappa shape index (κ2) is 13.2. The smallest absolute Gasteiger partial charge is 0.249 e. The molecule has 1 aromatic heterocycles. The highest BCUT2D eigenvalue weighted by molar-refractivity contribution is 6.04. The number of carbonyl (C=O) groups is 1. The van der Waals surface area contributed by atoms with E-state index in [4.69, 9.17) is 9.72 Å². The molecular formula is C31H48N8O2. The predicted octanol–water partition coefficient (Wildman–Crippen LogP) is 4.20. The summed E-state index contributed by atoms with van der Waals surface area (Å²) in [6.45, 7) is 15.5. The number of aromatic nitrogens is 2. The van der Waals surface area contributed by atoms with Gasteiger partial charge in [0.15, 0.2) is 5.82 Å². The SMILES string of the molecule is CC[C@@H]1C(=O)N(C)c2cnc(Nc3ccc(N4CCCN(CCCN5CCCC5)CC4)cc3OC)nc2N1C(C)C. The lowest BCUT2D eigenvalue weighted by Gasteiger charge is -2.42. The van der Waals surface area contributed by atoms with Crippen molar-refractivity contribution in [3.63, 3.8) is 0 Å². The van der Waals surface area contributed by atoms with Gasteiger partial charge in [0.25, 0.3) is 0 Å². The zero-order valence-corrected chi connectivity index (χ0v) is 25.6. The first-order valence-corrected chi connectivity index (χ1v) is 15.5. The second-order valence-electron chi connectivity index (χ2n) is 11.8. The lowest BCUT2D eigenvalue weighted by atomic mass is 10.1. The van der Waals surface area contributed by atoms with Crippen molar-refractivity contribution in [1.82, 2.24) is 19.8 Å². The molecule has 2 aromatic rings. The molecule has 3 aliphatic heterocycles. The van der Waals surface area contributed by atoms with Gasteiger partial charge < -0.3 is 34.6 Å². The highest BCUT2D eigenvalue weighted by Crippen LogP contribution is 2.37. The van der Waals surface area contributed by atoms with Crippen LogP contribution in [0.2, 0.25) is 0 Å². The molecule has 2 fully saturated rings. The maximum Gasteiger partial charge on any atom is 0.249 e. The molecule has 10 heteroatoms. The molecule has 0 radical (unpaired) electrons. The van der Waals surface area contributed by atoms with Crippen LogP contribution >= 0.6 is 0 Å². The molecule has 0 bridgehead atoms. The number of nitrogens with one attached hydrogen (secondary N) is 1. The first-order chi connectivity index (χ1) is 19.9. The maximum absolute atomic E-state index is 13.0. The van der Waals surface area contributed by atoms with E-state index in [1.54, 1.807) is 25.3 Å². The molecule has 1 aromatic carbocycles. The van der Waals surface area contributed by atoms with Crippen LogP contribution in [-0.4, -0.2) is 104 Å². The zero-order valence-electron chi connectivity index (χ0n) is 25.6. The Hall–Kier alpha value is -3.11. The molecule has 1 amide bonds. The topological polar surface area (TPSA) is 80.3 Å². The fourth-order valence-electron chi connectivity index (χ4n) is 6.52. The van der Waals surface area contributed by atoms with Gasteiger partial charge in [-0.25, -0.2) is 4.98 Å². The van der Waals surface area contributed by atoms with E-state index in [2.05, 4.69) is 61.9 Å². The van der Waals surface area contributed by atoms with Crippen molar-refractivity contribution in [3.05, 3.63) is 24.4 Å². The Morgan fingerprint density at radius 1 is 1.02 bits per heavy atom. The number of hydrogen-bond donors (Lipinski definition) is 1. The summed E-state index contributed by atoms with van der Waals surface area (Å²) >= 11 is 0. The number of likely N-dealkylation sites (tertiary alicyclic amines) is 1. The number of rotatable bonds is 10. The number of carbonyl (C=O) groups excluding carboxylic acids is 1. The molecule has 0 spiro atoms. The maximum atomic E-state index is 13.0. The summed E-state index contributed by atoms with van der Waals surface area (Å²) in [5, 5.41) is 3.38. The Labute approximate surface area is 245 Å². The Bertz CT molecular complexity index is 1180. The Kier molecular flexibility index (Phi) is 9.49. The van der Waals surface area contributed by atoms with Crippen molar-refractivity contribution in [2.75, 3.05) is 86.5 Å². The van der Waals surface area contributed by atoms with E-state index in [-0.39, 0.29) is 18.0 Å². The highest BCUT2D eigenvalue weighted by Gasteiger charge is 2.38. The molecule has 2 saturated heterocycles. The molecule has 5 rings (SSSR count). The van der Waals surface area contributed by atoms with Crippen LogP contribution in [0.3, 0.4) is 0 Å². The third-order valence-corrected chi connectivity index (χ3v) is 8.78. The van der Waals surface area contributed by atoms with E-state index >= 15 is 0 Å². The normalized spacial score (nSPS) is 20.5. The van der Waals surface area contributed by atoms with Gasteiger partial charge >= 0.3 is 0 Å². The third kappa shape index (κ3) is 6.54. The van der Waals surface area contributed by atoms with E-state index in [0.29, 0.717) is 5.95 Å². The lowest BCUT2D eigenvalue weighted by Crippen LogP contribution is -2.54. The van der Waals surface area contributed by atoms with Crippen LogP contribution in [0.1, 0.15) is 52.9 Å². The summed E-state index contributed by atoms with van der Waals surface area (Å²) in [5.41, 5.74) is 2.72. The van der Waals surface area contributed by atoms with Crippen LogP contribution in [0.25, 0.3) is 0 Å². The fraction of sp³-hybridized carbons (Fsp3) is 0.645. The molecule has 3 aliphatic rings. The Morgan fingerprint density at radius 3 is 2.46 bits per heavy atom. The van der Waals surface area contributed by atoms with Gasteiger partial charge in [-0.05, 0) is 90.8 Å². The number of methoxy groups -OCH3 is 1. The van der Waals surface area contributed by atoms with Crippen LogP contribution in [0.15, 0.2) is 24.4 Å². The molecule has 224 valence electrons. The van der Waals surface area contributed by atoms with Gasteiger partial charge in [0.1, 0.15) is 17.5 Å². The molecule has 1 N–H and O–H groups in total. The van der Waals surface area contributed by atoms with Gasteiger partial charge in [-0.3, -0.25) is 4.79 Å². The van der Waals surface area contributed by atoms with Crippen molar-refractivity contribution in [1.29, 1.82) is 0 Å². The zero-order chi connectivity index (χ0) is 28.9. The largest absolute Gasteiger partial charge is 0.494 e. The molecule has 1 atom stereocenters. The summed E-state index contributed by atoms with van der Waals surface area (Å²) in [4.78, 5) is 33.9. The van der Waals surface area contributed by atoms with Crippen LogP contribution in [-0.2, 0) is 4.79 Å². The van der Waals surface area contributed by atoms with E-state index in [9.17, 15) is 4.79 Å². The van der Waals surface area contributed by atoms with Crippen LogP contribution < -0.4 is 24.8 Å². The van der Waals surface area contributed by atoms with Crippen molar-refractivity contribution >= 4 is 34.7 Å². The molecule has 0 saturated carbocycles. The number of hydrogen-bond acceptors (Lipinski definition) is 9. The molecule has 41 heavy (non-hydrogen) atoms. The number of benzene rings is 1. The van der Waals surface area contributed by atoms with Gasteiger partial charge in [-0.2, -0.15) is 4.98 Å². The summed E-state index contributed by atoms with van der Waals surface area (Å²) in [6, 6.07) is 6.22. The van der Waals surface area contributed by atoms with Crippen LogP contribution in [0, 0.1) is 0 Å². The number of amides is 1. The minimum atomic E-state index is -0.237. The van der Waals surface area contributed by atoms with Gasteiger partial charge in [0.05, 0.1) is 19.0 Å². The first-order valence-electron chi connectivity index (χ1n) is 15.5. The molecule has 4 heterocycles. The van der Waals surface area contributed by atoms with Crippen molar-refractivity contribution in [2.45, 2.75) is 65.0 Å². The number of anilines is 5. The number of fused-ring (bicyclic) bond motifs is 1. The standard InChI is InChI=1S/C31H48N8O2/c1-6-26-30(40)35(4)27-22-32-31(34-29(27)39(26)23(2)3)33-25-12-11-24(21-28(25)41-5)38-18-10-17-37(19-20-38)16-9-15-36-13-7-8-14-36/h11-12,21-23,26H,6-10,13-20H2,1-5H3,(H,32,33,34)/t26-/m1/s1. The Morgan fingerprint density at radius 2 is 1.76 bits per heavy atom. The summed E-state index contributed by atoms with van der Waals surface area (Å²) < 4.78 is 5.82. The quantitative estimate of drug-likeness (QED) is 0.457. The minimum absolute atomic E-state index is 0.0778. The van der Waals surface area contributed by atoms with Gasteiger partial charge in [0, 0.05) is 44.5 Å². The van der Waals surface area contributed by atoms with Crippen LogP contribution in [0.4, 0.5) is 28.8 Å². The van der Waals surface area contributed by atoms with E-state index < -0.39 is 0 Å². The lowest BCUT2D eigenvalue weighted by molar-refractivity contribution is -0.120. The minimum Gasteiger partial charge on any atom is -0.494 e. The molecule has 0 unspecified atom stereocenters. The van der Waals surface area contributed by atoms with Gasteiger partial charge in [-0.15, -0.1) is 0 Å².